The Labute approximate surface area is 527 Å². The van der Waals surface area contributed by atoms with Crippen molar-refractivity contribution >= 4 is 73.0 Å². The van der Waals surface area contributed by atoms with Gasteiger partial charge in [-0.15, -0.1) is 13.2 Å². The maximum atomic E-state index is 6.00. The Bertz CT molecular complexity index is 3030. The van der Waals surface area contributed by atoms with Gasteiger partial charge in [-0.1, -0.05) is 181 Å². The van der Waals surface area contributed by atoms with Crippen molar-refractivity contribution in [3.8, 4) is 0 Å². The van der Waals surface area contributed by atoms with Gasteiger partial charge in [0.15, 0.2) is 0 Å². The van der Waals surface area contributed by atoms with E-state index in [9.17, 15) is 0 Å². The van der Waals surface area contributed by atoms with Gasteiger partial charge in [-0.3, -0.25) is 20.0 Å². The second-order valence-electron chi connectivity index (χ2n) is 18.8. The molecule has 0 aliphatic carbocycles. The molecule has 443 valence electrons. The molecule has 0 amide bonds. The molecule has 14 heteroatoms. The molecule has 0 N–H and O–H groups in total. The van der Waals surface area contributed by atoms with E-state index in [0.717, 1.165) is 57.0 Å². The second-order valence-corrected chi connectivity index (χ2v) is 23.3. The Balaban J connectivity index is 0.00000107. The molecule has 10 nitrogen and oxygen atoms in total. The van der Waals surface area contributed by atoms with Crippen LogP contribution >= 0.6 is 0 Å². The smallest absolute Gasteiger partial charge is 0.283 e. The van der Waals surface area contributed by atoms with E-state index < -0.39 is 18.1 Å². The number of aliphatic imine (C=N–C) groups is 4. The van der Waals surface area contributed by atoms with Crippen LogP contribution in [0.15, 0.2) is 227 Å². The van der Waals surface area contributed by atoms with Crippen molar-refractivity contribution in [2.45, 2.75) is 69.2 Å². The average molecular weight is 1240 g/mol. The van der Waals surface area contributed by atoms with Crippen molar-refractivity contribution in [1.29, 1.82) is 10.8 Å². The minimum atomic E-state index is -1.54. The summed E-state index contributed by atoms with van der Waals surface area (Å²) in [5.74, 6) is 0. The molecule has 0 aliphatic heterocycles. The fourth-order valence-corrected chi connectivity index (χ4v) is 12.7. The SMILES string of the molecule is C=CCO[SiH](c1ccccc1)c1ccccc1.C=CCO[Si](c1ccccc1)c1ccccc1.CN=C(C)c1cccc(C(C)=Nc2c(C)cc(C)cc2C)n1.CN=C(C)c1cccc(C(C)=Nc2c(C)cc(C)cc2C)n1.N#N.[CH3-].[CH3-].[Co].[Co]. The van der Waals surface area contributed by atoms with Crippen LogP contribution in [-0.4, -0.2) is 78.2 Å². The molecule has 0 atom stereocenters. The first-order chi connectivity index (χ1) is 38.7. The van der Waals surface area contributed by atoms with E-state index in [1.165, 1.54) is 54.1 Å². The van der Waals surface area contributed by atoms with Crippen molar-refractivity contribution in [2.24, 2.45) is 20.0 Å². The summed E-state index contributed by atoms with van der Waals surface area (Å²) in [4.78, 5) is 27.3. The molecule has 3 radical (unpaired) electrons. The van der Waals surface area contributed by atoms with Crippen LogP contribution in [-0.2, 0) is 42.4 Å². The van der Waals surface area contributed by atoms with Crippen LogP contribution in [0.4, 0.5) is 11.4 Å². The van der Waals surface area contributed by atoms with Gasteiger partial charge in [-0.25, -0.2) is 9.97 Å². The quantitative estimate of drug-likeness (QED) is 0.0310. The third kappa shape index (κ3) is 24.4. The first-order valence-corrected chi connectivity index (χ1v) is 29.5. The van der Waals surface area contributed by atoms with Gasteiger partial charge in [0.25, 0.3) is 9.04 Å². The number of rotatable bonds is 16. The molecule has 84 heavy (non-hydrogen) atoms. The van der Waals surface area contributed by atoms with Crippen LogP contribution in [0.2, 0.25) is 0 Å². The van der Waals surface area contributed by atoms with Gasteiger partial charge in [0.2, 0.25) is 9.04 Å². The monoisotopic (exact) mass is 1240 g/mol. The molecule has 0 saturated heterocycles. The normalized spacial score (nSPS) is 10.9. The molecule has 2 heterocycles. The van der Waals surface area contributed by atoms with Crippen LogP contribution in [0.3, 0.4) is 0 Å². The zero-order chi connectivity index (χ0) is 58.4. The molecule has 0 saturated carbocycles. The Morgan fingerprint density at radius 3 is 1.06 bits per heavy atom. The van der Waals surface area contributed by atoms with E-state index in [4.69, 9.17) is 29.6 Å². The molecule has 8 rings (SSSR count). The number of pyridine rings is 2. The fraction of sp³-hybridized carbons (Fsp3) is 0.200. The maximum absolute atomic E-state index is 6.00. The van der Waals surface area contributed by atoms with Gasteiger partial charge in [0, 0.05) is 58.4 Å². The number of aromatic nitrogens is 2. The number of hydrogen-bond donors (Lipinski definition) is 0. The van der Waals surface area contributed by atoms with Crippen molar-refractivity contribution < 1.29 is 42.4 Å². The second kappa shape index (κ2) is 41.5. The first kappa shape index (κ1) is 76.6. The van der Waals surface area contributed by atoms with E-state index >= 15 is 0 Å². The molecule has 8 aromatic rings. The van der Waals surface area contributed by atoms with Crippen LogP contribution in [0.1, 0.15) is 83.9 Å². The predicted molar refractivity (Wildman–Crippen MR) is 356 cm³/mol. The summed E-state index contributed by atoms with van der Waals surface area (Å²) in [6, 6.07) is 62.3. The molecule has 6 aromatic carbocycles. The van der Waals surface area contributed by atoms with Crippen LogP contribution in [0.5, 0.6) is 0 Å². The van der Waals surface area contributed by atoms with Crippen LogP contribution < -0.4 is 20.7 Å². The molecular weight excluding hydrogens is 1160 g/mol. The summed E-state index contributed by atoms with van der Waals surface area (Å²) in [7, 11) is 0.890. The summed E-state index contributed by atoms with van der Waals surface area (Å²) >= 11 is 0. The predicted octanol–water partition coefficient (Wildman–Crippen LogP) is 13.8. The third-order valence-corrected chi connectivity index (χ3v) is 17.2. The fourth-order valence-electron chi connectivity index (χ4n) is 8.51. The number of hydrogen-bond acceptors (Lipinski definition) is 10. The van der Waals surface area contributed by atoms with Crippen LogP contribution in [0, 0.1) is 67.2 Å². The van der Waals surface area contributed by atoms with Gasteiger partial charge >= 0.3 is 0 Å². The maximum Gasteiger partial charge on any atom is 0.283 e. The minimum absolute atomic E-state index is 0. The molecule has 0 spiro atoms. The standard InChI is InChI=1S/2C19H23N3.C15H16OSi.C15H15OSi.2CH3.2Co.N2/c2*1-12-10-13(2)19(14(3)11-12)21-16(5)18-9-7-8-17(22-18)15(4)20-6;2*1-2-13-16-17(14-9-5-3-6-10-14)15-11-7-4-8-12-15;;;;;1-2/h2*7-11H,1-6H3;2-12,17H,1,13H2;2-12H,1,13H2;2*1H3;;;/q;;;;2*-1;;;. The van der Waals surface area contributed by atoms with Gasteiger partial charge < -0.3 is 23.7 Å². The van der Waals surface area contributed by atoms with Crippen molar-refractivity contribution in [3.63, 3.8) is 0 Å². The Morgan fingerprint density at radius 2 is 0.762 bits per heavy atom. The molecule has 0 aliphatic rings. The largest absolute Gasteiger partial charge is 0.407 e. The summed E-state index contributed by atoms with van der Waals surface area (Å²) < 4.78 is 11.9. The third-order valence-electron chi connectivity index (χ3n) is 12.5. The van der Waals surface area contributed by atoms with Crippen molar-refractivity contribution in [2.75, 3.05) is 27.3 Å². The average Bonchev–Trinajstić information content (AvgIpc) is 3.69. The van der Waals surface area contributed by atoms with Gasteiger partial charge in [0.1, 0.15) is 0 Å². The minimum Gasteiger partial charge on any atom is -0.407 e. The molecule has 0 unspecified atom stereocenters. The van der Waals surface area contributed by atoms with Gasteiger partial charge in [-0.2, -0.15) is 0 Å². The molecular formula is C70H83Co2N8O2Si2-2. The van der Waals surface area contributed by atoms with Crippen molar-refractivity contribution in [3.05, 3.63) is 278 Å². The van der Waals surface area contributed by atoms with Crippen LogP contribution in [0.25, 0.3) is 0 Å². The topological polar surface area (TPSA) is 141 Å². The van der Waals surface area contributed by atoms with E-state index in [1.54, 1.807) is 20.2 Å². The Kier molecular flexibility index (Phi) is 37.9. The van der Waals surface area contributed by atoms with E-state index in [1.807, 2.05) is 94.4 Å². The number of nitrogens with zero attached hydrogens (tertiary/aromatic N) is 8. The van der Waals surface area contributed by atoms with Crippen molar-refractivity contribution in [1.82, 2.24) is 9.97 Å². The summed E-state index contributed by atoms with van der Waals surface area (Å²) in [5, 5.41) is 17.2. The number of benzene rings is 6. The molecule has 0 bridgehead atoms. The Morgan fingerprint density at radius 1 is 0.464 bits per heavy atom. The van der Waals surface area contributed by atoms with E-state index in [2.05, 4.69) is 196 Å². The molecule has 0 fully saturated rings. The van der Waals surface area contributed by atoms with Gasteiger partial charge in [0.05, 0.1) is 70.2 Å². The zero-order valence-electron chi connectivity index (χ0n) is 51.4. The number of aryl methyl sites for hydroxylation is 6. The summed E-state index contributed by atoms with van der Waals surface area (Å²) in [6.07, 6.45) is 3.61. The van der Waals surface area contributed by atoms with Gasteiger partial charge in [-0.05, 0) is 137 Å². The van der Waals surface area contributed by atoms with E-state index in [-0.39, 0.29) is 48.4 Å². The first-order valence-electron chi connectivity index (χ1n) is 26.5. The van der Waals surface area contributed by atoms with E-state index in [0.29, 0.717) is 13.2 Å². The Hall–Kier alpha value is -7.43. The zero-order valence-corrected chi connectivity index (χ0v) is 55.7. The molecule has 2 aromatic heterocycles. The summed E-state index contributed by atoms with van der Waals surface area (Å²) in [6.45, 7) is 29.2. The summed E-state index contributed by atoms with van der Waals surface area (Å²) in [5.41, 5.74) is 16.6.